The Bertz CT molecular complexity index is 618. The van der Waals surface area contributed by atoms with Crippen LogP contribution < -0.4 is 4.74 Å². The van der Waals surface area contributed by atoms with Crippen molar-refractivity contribution in [2.75, 3.05) is 13.1 Å². The number of carbonyl (C=O) groups is 2. The average Bonchev–Trinajstić information content (AvgIpc) is 2.63. The molecule has 5 nitrogen and oxygen atoms in total. The first-order valence-electron chi connectivity index (χ1n) is 8.52. The third-order valence-electron chi connectivity index (χ3n) is 4.95. The van der Waals surface area contributed by atoms with Crippen molar-refractivity contribution in [2.24, 2.45) is 5.92 Å². The Morgan fingerprint density at radius 1 is 1.12 bits per heavy atom. The van der Waals surface area contributed by atoms with Crippen LogP contribution in [0.25, 0.3) is 0 Å². The highest BCUT2D eigenvalue weighted by molar-refractivity contribution is 5.81. The molecule has 1 N–H and O–H groups in total. The molecular weight excluding hydrogens is 306 g/mol. The third-order valence-corrected chi connectivity index (χ3v) is 4.95. The van der Waals surface area contributed by atoms with Crippen LogP contribution in [0.2, 0.25) is 0 Å². The molecule has 1 atom stereocenters. The van der Waals surface area contributed by atoms with Crippen molar-refractivity contribution in [1.29, 1.82) is 0 Å². The number of nitrogens with zero attached hydrogens (tertiary/aromatic N) is 1. The molecule has 1 saturated heterocycles. The van der Waals surface area contributed by atoms with Crippen LogP contribution >= 0.6 is 0 Å². The molecule has 2 aliphatic rings. The van der Waals surface area contributed by atoms with Crippen molar-refractivity contribution < 1.29 is 19.4 Å². The number of carbonyl (C=O) groups excluding carboxylic acids is 1. The molecule has 1 aromatic rings. The molecular formula is C19H23NO4. The summed E-state index contributed by atoms with van der Waals surface area (Å²) in [6, 6.07) is 9.02. The summed E-state index contributed by atoms with van der Waals surface area (Å²) >= 11 is 0. The average molecular weight is 329 g/mol. The lowest BCUT2D eigenvalue weighted by Gasteiger charge is -2.40. The first-order chi connectivity index (χ1) is 11.6. The largest absolute Gasteiger partial charge is 0.478 e. The lowest BCUT2D eigenvalue weighted by Crippen LogP contribution is -2.55. The highest BCUT2D eigenvalue weighted by atomic mass is 16.5. The minimum Gasteiger partial charge on any atom is -0.478 e. The zero-order valence-corrected chi connectivity index (χ0v) is 13.7. The number of hydrogen-bond donors (Lipinski definition) is 1. The van der Waals surface area contributed by atoms with Crippen LogP contribution in [0.15, 0.2) is 42.5 Å². The number of hydrogen-bond acceptors (Lipinski definition) is 3. The van der Waals surface area contributed by atoms with Crippen molar-refractivity contribution in [3.63, 3.8) is 0 Å². The Morgan fingerprint density at radius 2 is 1.83 bits per heavy atom. The number of ether oxygens (including phenoxy) is 1. The van der Waals surface area contributed by atoms with Crippen molar-refractivity contribution in [1.82, 2.24) is 4.90 Å². The Kier molecular flexibility index (Phi) is 4.88. The standard InChI is InChI=1S/C19H23NO4/c21-17(15-7-3-1-4-8-15)20-13-11-19(12-14-20,18(22)23)24-16-9-5-2-6-10-16/h1-3,5-6,9-10,15H,4,7-8,11-14H2,(H,22,23)/t15-/m1/s1. The monoisotopic (exact) mass is 329 g/mol. The number of rotatable bonds is 4. The van der Waals surface area contributed by atoms with E-state index < -0.39 is 11.6 Å². The summed E-state index contributed by atoms with van der Waals surface area (Å²) in [6.45, 7) is 0.858. The molecule has 1 aliphatic carbocycles. The summed E-state index contributed by atoms with van der Waals surface area (Å²) in [6.07, 6.45) is 7.42. The van der Waals surface area contributed by atoms with Gasteiger partial charge in [-0.3, -0.25) is 4.79 Å². The first-order valence-corrected chi connectivity index (χ1v) is 8.52. The molecule has 3 rings (SSSR count). The molecule has 1 aromatic carbocycles. The SMILES string of the molecule is O=C([C@@H]1CC=CCC1)N1CCC(Oc2ccccc2)(C(=O)O)CC1. The fourth-order valence-corrected chi connectivity index (χ4v) is 3.44. The van der Waals surface area contributed by atoms with E-state index in [9.17, 15) is 14.7 Å². The second kappa shape index (κ2) is 7.07. The number of aliphatic carboxylic acids is 1. The Hall–Kier alpha value is -2.30. The van der Waals surface area contributed by atoms with Gasteiger partial charge in [0.15, 0.2) is 0 Å². The van der Waals surface area contributed by atoms with Crippen LogP contribution in [0.1, 0.15) is 32.1 Å². The Morgan fingerprint density at radius 3 is 2.42 bits per heavy atom. The van der Waals surface area contributed by atoms with Gasteiger partial charge >= 0.3 is 5.97 Å². The molecule has 128 valence electrons. The van der Waals surface area contributed by atoms with Gasteiger partial charge in [-0.2, -0.15) is 0 Å². The minimum absolute atomic E-state index is 0.0439. The third kappa shape index (κ3) is 3.45. The predicted octanol–water partition coefficient (Wildman–Crippen LogP) is 2.87. The quantitative estimate of drug-likeness (QED) is 0.863. The minimum atomic E-state index is -1.25. The molecule has 1 amide bonds. The fourth-order valence-electron chi connectivity index (χ4n) is 3.44. The van der Waals surface area contributed by atoms with Gasteiger partial charge in [0.05, 0.1) is 0 Å². The van der Waals surface area contributed by atoms with Gasteiger partial charge in [-0.05, 0) is 31.4 Å². The molecule has 5 heteroatoms. The van der Waals surface area contributed by atoms with Gasteiger partial charge in [0.2, 0.25) is 11.5 Å². The van der Waals surface area contributed by atoms with Crippen LogP contribution in [-0.4, -0.2) is 40.6 Å². The molecule has 0 aromatic heterocycles. The van der Waals surface area contributed by atoms with E-state index in [1.807, 2.05) is 18.2 Å². The lowest BCUT2D eigenvalue weighted by molar-refractivity contribution is -0.162. The molecule has 0 spiro atoms. The molecule has 0 saturated carbocycles. The number of piperidine rings is 1. The van der Waals surface area contributed by atoms with E-state index in [-0.39, 0.29) is 11.8 Å². The Balaban J connectivity index is 1.65. The van der Waals surface area contributed by atoms with Crippen LogP contribution in [0.3, 0.4) is 0 Å². The van der Waals surface area contributed by atoms with E-state index >= 15 is 0 Å². The molecule has 0 unspecified atom stereocenters. The van der Waals surface area contributed by atoms with E-state index in [0.29, 0.717) is 31.7 Å². The molecule has 24 heavy (non-hydrogen) atoms. The van der Waals surface area contributed by atoms with Gasteiger partial charge in [-0.1, -0.05) is 30.4 Å². The summed E-state index contributed by atoms with van der Waals surface area (Å²) < 4.78 is 5.83. The topological polar surface area (TPSA) is 66.8 Å². The summed E-state index contributed by atoms with van der Waals surface area (Å²) in [5, 5.41) is 9.69. The normalized spacial score (nSPS) is 22.8. The number of carboxylic acids is 1. The van der Waals surface area contributed by atoms with Gasteiger partial charge in [-0.25, -0.2) is 4.79 Å². The zero-order valence-electron chi connectivity index (χ0n) is 13.7. The molecule has 1 heterocycles. The van der Waals surface area contributed by atoms with Crippen molar-refractivity contribution in [3.8, 4) is 5.75 Å². The fraction of sp³-hybridized carbons (Fsp3) is 0.474. The van der Waals surface area contributed by atoms with Crippen LogP contribution in [0.5, 0.6) is 5.75 Å². The number of para-hydroxylation sites is 1. The highest BCUT2D eigenvalue weighted by Gasteiger charge is 2.45. The van der Waals surface area contributed by atoms with Crippen molar-refractivity contribution >= 4 is 11.9 Å². The molecule has 0 bridgehead atoms. The number of amides is 1. The maximum Gasteiger partial charge on any atom is 0.348 e. The summed E-state index contributed by atoms with van der Waals surface area (Å²) in [7, 11) is 0. The number of benzene rings is 1. The Labute approximate surface area is 141 Å². The second-order valence-electron chi connectivity index (χ2n) is 6.52. The van der Waals surface area contributed by atoms with Crippen LogP contribution in [0, 0.1) is 5.92 Å². The van der Waals surface area contributed by atoms with E-state index in [0.717, 1.165) is 19.3 Å². The highest BCUT2D eigenvalue weighted by Crippen LogP contribution is 2.31. The van der Waals surface area contributed by atoms with E-state index in [2.05, 4.69) is 12.2 Å². The number of likely N-dealkylation sites (tertiary alicyclic amines) is 1. The van der Waals surface area contributed by atoms with Crippen molar-refractivity contribution in [2.45, 2.75) is 37.7 Å². The van der Waals surface area contributed by atoms with Crippen LogP contribution in [0.4, 0.5) is 0 Å². The summed E-state index contributed by atoms with van der Waals surface area (Å²) in [4.78, 5) is 26.2. The van der Waals surface area contributed by atoms with Crippen molar-refractivity contribution in [3.05, 3.63) is 42.5 Å². The lowest BCUT2D eigenvalue weighted by atomic mass is 9.88. The molecule has 0 radical (unpaired) electrons. The van der Waals surface area contributed by atoms with Gasteiger partial charge in [0.1, 0.15) is 5.75 Å². The van der Waals surface area contributed by atoms with Gasteiger partial charge in [0, 0.05) is 31.8 Å². The molecule has 1 aliphatic heterocycles. The molecule has 1 fully saturated rings. The zero-order chi connectivity index (χ0) is 17.0. The van der Waals surface area contributed by atoms with Gasteiger partial charge in [-0.15, -0.1) is 0 Å². The maximum absolute atomic E-state index is 12.6. The number of allylic oxidation sites excluding steroid dienone is 2. The smallest absolute Gasteiger partial charge is 0.348 e. The van der Waals surface area contributed by atoms with Gasteiger partial charge < -0.3 is 14.7 Å². The van der Waals surface area contributed by atoms with Gasteiger partial charge in [0.25, 0.3) is 0 Å². The first kappa shape index (κ1) is 16.6. The predicted molar refractivity (Wildman–Crippen MR) is 89.7 cm³/mol. The van der Waals surface area contributed by atoms with E-state index in [1.165, 1.54) is 0 Å². The maximum atomic E-state index is 12.6. The summed E-state index contributed by atoms with van der Waals surface area (Å²) in [5.74, 6) is -0.212. The van der Waals surface area contributed by atoms with E-state index in [1.54, 1.807) is 17.0 Å². The van der Waals surface area contributed by atoms with E-state index in [4.69, 9.17) is 4.74 Å². The second-order valence-corrected chi connectivity index (χ2v) is 6.52. The summed E-state index contributed by atoms with van der Waals surface area (Å²) in [5.41, 5.74) is -1.25. The van der Waals surface area contributed by atoms with Crippen LogP contribution in [-0.2, 0) is 9.59 Å². The number of carboxylic acid groups (broad SMARTS) is 1.